The highest BCUT2D eigenvalue weighted by molar-refractivity contribution is 7.09. The lowest BCUT2D eigenvalue weighted by atomic mass is 10.2. The molecule has 0 spiro atoms. The summed E-state index contributed by atoms with van der Waals surface area (Å²) in [5.41, 5.74) is 2.13. The molecule has 0 aromatic carbocycles. The number of thiophene rings is 1. The van der Waals surface area contributed by atoms with Gasteiger partial charge in [0, 0.05) is 10.9 Å². The van der Waals surface area contributed by atoms with Gasteiger partial charge in [0.25, 0.3) is 0 Å². The molecule has 0 saturated heterocycles. The summed E-state index contributed by atoms with van der Waals surface area (Å²) in [5, 5.41) is 2.06. The Hall–Kier alpha value is -0.910. The quantitative estimate of drug-likeness (QED) is 0.440. The van der Waals surface area contributed by atoms with Gasteiger partial charge in [0.2, 0.25) is 5.91 Å². The van der Waals surface area contributed by atoms with E-state index in [2.05, 4.69) is 23.8 Å². The molecule has 0 radical (unpaired) electrons. The molecular formula is C10H17N3OS. The lowest BCUT2D eigenvalue weighted by molar-refractivity contribution is -0.122. The van der Waals surface area contributed by atoms with E-state index in [0.29, 0.717) is 12.6 Å². The van der Waals surface area contributed by atoms with Gasteiger partial charge in [-0.2, -0.15) is 0 Å². The van der Waals surface area contributed by atoms with Crippen LogP contribution in [0.4, 0.5) is 0 Å². The first-order chi connectivity index (χ1) is 7.13. The third-order valence-corrected chi connectivity index (χ3v) is 3.28. The summed E-state index contributed by atoms with van der Waals surface area (Å²) in [4.78, 5) is 14.4. The first-order valence-corrected chi connectivity index (χ1v) is 5.73. The minimum absolute atomic E-state index is 0.157. The molecule has 1 aromatic rings. The lowest BCUT2D eigenvalue weighted by Gasteiger charge is -2.23. The number of nitrogens with one attached hydrogen (secondary N) is 1. The largest absolute Gasteiger partial charge is 0.294 e. The van der Waals surface area contributed by atoms with E-state index in [1.807, 2.05) is 18.0 Å². The van der Waals surface area contributed by atoms with Gasteiger partial charge in [-0.25, -0.2) is 5.84 Å². The van der Waals surface area contributed by atoms with Gasteiger partial charge in [-0.3, -0.25) is 15.1 Å². The zero-order valence-electron chi connectivity index (χ0n) is 9.06. The summed E-state index contributed by atoms with van der Waals surface area (Å²) < 4.78 is 0. The van der Waals surface area contributed by atoms with Crippen LogP contribution in [0.25, 0.3) is 0 Å². The first kappa shape index (κ1) is 12.2. The van der Waals surface area contributed by atoms with Crippen molar-refractivity contribution in [3.8, 4) is 0 Å². The normalized spacial score (nSPS) is 12.8. The number of rotatable bonds is 5. The highest BCUT2D eigenvalue weighted by Crippen LogP contribution is 2.13. The van der Waals surface area contributed by atoms with Crippen molar-refractivity contribution in [1.82, 2.24) is 10.3 Å². The summed E-state index contributed by atoms with van der Waals surface area (Å²) in [7, 11) is 1.92. The maximum Gasteiger partial charge on any atom is 0.248 e. The van der Waals surface area contributed by atoms with Gasteiger partial charge in [-0.15, -0.1) is 11.3 Å². The van der Waals surface area contributed by atoms with Crippen LogP contribution < -0.4 is 11.3 Å². The molecule has 15 heavy (non-hydrogen) atoms. The summed E-state index contributed by atoms with van der Waals surface area (Å²) in [6.07, 6.45) is 0.964. The van der Waals surface area contributed by atoms with Crippen molar-refractivity contribution in [2.45, 2.75) is 19.4 Å². The predicted molar refractivity (Wildman–Crippen MR) is 62.4 cm³/mol. The van der Waals surface area contributed by atoms with E-state index in [0.717, 1.165) is 6.42 Å². The van der Waals surface area contributed by atoms with Gasteiger partial charge in [0.15, 0.2) is 0 Å². The Kier molecular flexibility index (Phi) is 4.74. The second kappa shape index (κ2) is 5.85. The molecule has 1 heterocycles. The van der Waals surface area contributed by atoms with E-state index in [4.69, 9.17) is 5.84 Å². The maximum atomic E-state index is 11.1. The molecule has 0 aliphatic heterocycles. The Morgan fingerprint density at radius 2 is 2.47 bits per heavy atom. The van der Waals surface area contributed by atoms with Gasteiger partial charge in [0.05, 0.1) is 6.54 Å². The molecule has 4 nitrogen and oxygen atoms in total. The fraction of sp³-hybridized carbons (Fsp3) is 0.500. The molecule has 5 heteroatoms. The first-order valence-electron chi connectivity index (χ1n) is 4.85. The lowest BCUT2D eigenvalue weighted by Crippen LogP contribution is -2.42. The van der Waals surface area contributed by atoms with Crippen LogP contribution in [0.5, 0.6) is 0 Å². The van der Waals surface area contributed by atoms with Crippen LogP contribution in [-0.4, -0.2) is 30.4 Å². The number of hydrogen-bond acceptors (Lipinski definition) is 4. The summed E-state index contributed by atoms with van der Waals surface area (Å²) in [6, 6.07) is 4.48. The average Bonchev–Trinajstić information content (AvgIpc) is 2.70. The van der Waals surface area contributed by atoms with Crippen LogP contribution >= 0.6 is 11.3 Å². The summed E-state index contributed by atoms with van der Waals surface area (Å²) in [5.74, 6) is 4.88. The number of nitrogens with zero attached hydrogens (tertiary/aromatic N) is 1. The number of hydrazine groups is 1. The van der Waals surface area contributed by atoms with Gasteiger partial charge < -0.3 is 0 Å². The van der Waals surface area contributed by atoms with Crippen LogP contribution in [0.1, 0.15) is 11.8 Å². The Morgan fingerprint density at radius 1 is 1.73 bits per heavy atom. The monoisotopic (exact) mass is 227 g/mol. The van der Waals surface area contributed by atoms with E-state index in [1.54, 1.807) is 11.3 Å². The summed E-state index contributed by atoms with van der Waals surface area (Å²) in [6.45, 7) is 2.44. The van der Waals surface area contributed by atoms with Gasteiger partial charge in [0.1, 0.15) is 0 Å². The van der Waals surface area contributed by atoms with Crippen molar-refractivity contribution >= 4 is 17.2 Å². The molecule has 0 bridgehead atoms. The third-order valence-electron chi connectivity index (χ3n) is 2.38. The zero-order valence-corrected chi connectivity index (χ0v) is 9.88. The molecule has 1 atom stereocenters. The minimum atomic E-state index is -0.157. The number of hydrogen-bond donors (Lipinski definition) is 2. The number of nitrogens with two attached hydrogens (primary N) is 1. The van der Waals surface area contributed by atoms with Crippen LogP contribution in [0.15, 0.2) is 17.5 Å². The fourth-order valence-electron chi connectivity index (χ4n) is 1.30. The second-order valence-electron chi connectivity index (χ2n) is 3.62. The molecule has 84 valence electrons. The van der Waals surface area contributed by atoms with Crippen LogP contribution in [-0.2, 0) is 11.2 Å². The van der Waals surface area contributed by atoms with Crippen molar-refractivity contribution in [3.63, 3.8) is 0 Å². The van der Waals surface area contributed by atoms with Crippen molar-refractivity contribution in [3.05, 3.63) is 22.4 Å². The predicted octanol–water partition coefficient (Wildman–Crippen LogP) is 0.601. The van der Waals surface area contributed by atoms with Crippen molar-refractivity contribution in [1.29, 1.82) is 0 Å². The Morgan fingerprint density at radius 3 is 3.00 bits per heavy atom. The van der Waals surface area contributed by atoms with Gasteiger partial charge in [-0.05, 0) is 31.8 Å². The minimum Gasteiger partial charge on any atom is -0.294 e. The van der Waals surface area contributed by atoms with Gasteiger partial charge >= 0.3 is 0 Å². The van der Waals surface area contributed by atoms with E-state index in [1.165, 1.54) is 4.88 Å². The van der Waals surface area contributed by atoms with Crippen LogP contribution in [0.2, 0.25) is 0 Å². The Balaban J connectivity index is 2.39. The highest BCUT2D eigenvalue weighted by Gasteiger charge is 2.13. The van der Waals surface area contributed by atoms with E-state index in [9.17, 15) is 4.79 Å². The molecule has 0 saturated carbocycles. The number of likely N-dealkylation sites (N-methyl/N-ethyl adjacent to an activating group) is 1. The van der Waals surface area contributed by atoms with Crippen molar-refractivity contribution in [2.75, 3.05) is 13.6 Å². The van der Waals surface area contributed by atoms with Crippen molar-refractivity contribution < 1.29 is 4.79 Å². The van der Waals surface area contributed by atoms with Crippen LogP contribution in [0.3, 0.4) is 0 Å². The Bertz CT molecular complexity index is 300. The van der Waals surface area contributed by atoms with E-state index >= 15 is 0 Å². The van der Waals surface area contributed by atoms with Gasteiger partial charge in [-0.1, -0.05) is 6.07 Å². The standard InChI is InChI=1S/C10H17N3OS/c1-8(6-9-4-3-5-15-9)13(2)7-10(14)12-11/h3-5,8H,6-7,11H2,1-2H3,(H,12,14). The summed E-state index contributed by atoms with van der Waals surface area (Å²) >= 11 is 1.74. The van der Waals surface area contributed by atoms with E-state index < -0.39 is 0 Å². The molecule has 1 amide bonds. The zero-order chi connectivity index (χ0) is 11.3. The topological polar surface area (TPSA) is 58.4 Å². The number of carbonyl (C=O) groups is 1. The average molecular weight is 227 g/mol. The Labute approximate surface area is 94.0 Å². The molecule has 1 unspecified atom stereocenters. The van der Waals surface area contributed by atoms with Crippen molar-refractivity contribution in [2.24, 2.45) is 5.84 Å². The third kappa shape index (κ3) is 3.99. The molecule has 1 aromatic heterocycles. The van der Waals surface area contributed by atoms with E-state index in [-0.39, 0.29) is 5.91 Å². The SMILES string of the molecule is CC(Cc1cccs1)N(C)CC(=O)NN. The highest BCUT2D eigenvalue weighted by atomic mass is 32.1. The molecule has 0 aliphatic carbocycles. The fourth-order valence-corrected chi connectivity index (χ4v) is 2.13. The molecule has 1 rings (SSSR count). The molecular weight excluding hydrogens is 210 g/mol. The number of amides is 1. The molecule has 0 fully saturated rings. The second-order valence-corrected chi connectivity index (χ2v) is 4.65. The smallest absolute Gasteiger partial charge is 0.248 e. The molecule has 3 N–H and O–H groups in total. The van der Waals surface area contributed by atoms with Crippen LogP contribution in [0, 0.1) is 0 Å². The maximum absolute atomic E-state index is 11.1. The molecule has 0 aliphatic rings. The number of carbonyl (C=O) groups excluding carboxylic acids is 1.